The van der Waals surface area contributed by atoms with Gasteiger partial charge < -0.3 is 5.32 Å². The maximum atomic E-state index is 4.54. The molecule has 1 heterocycles. The maximum absolute atomic E-state index is 4.54. The van der Waals surface area contributed by atoms with Crippen molar-refractivity contribution in [2.75, 3.05) is 6.54 Å². The van der Waals surface area contributed by atoms with Gasteiger partial charge in [0.05, 0.1) is 5.69 Å². The lowest BCUT2D eigenvalue weighted by Crippen LogP contribution is -2.37. The predicted molar refractivity (Wildman–Crippen MR) is 61.9 cm³/mol. The Morgan fingerprint density at radius 2 is 2.27 bits per heavy atom. The Kier molecular flexibility index (Phi) is 3.41. The second kappa shape index (κ2) is 4.79. The number of aryl methyl sites for hydroxylation is 1. The molecule has 1 aliphatic carbocycles. The molecule has 0 amide bonds. The molecule has 0 aromatic carbocycles. The Balaban J connectivity index is 2.10. The number of hydrogen-bond acceptors (Lipinski definition) is 2. The van der Waals surface area contributed by atoms with Crippen LogP contribution in [-0.2, 0) is 7.05 Å². The molecule has 1 saturated carbocycles. The molecule has 0 bridgehead atoms. The van der Waals surface area contributed by atoms with Gasteiger partial charge in [-0.25, -0.2) is 0 Å². The van der Waals surface area contributed by atoms with Crippen LogP contribution >= 0.6 is 0 Å². The van der Waals surface area contributed by atoms with Gasteiger partial charge in [0.25, 0.3) is 0 Å². The third-order valence-corrected chi connectivity index (χ3v) is 3.35. The van der Waals surface area contributed by atoms with Gasteiger partial charge in [0.2, 0.25) is 0 Å². The summed E-state index contributed by atoms with van der Waals surface area (Å²) in [6.45, 7) is 3.25. The molecule has 2 unspecified atom stereocenters. The molecule has 0 radical (unpaired) electrons. The van der Waals surface area contributed by atoms with E-state index >= 15 is 0 Å². The number of nitrogens with one attached hydrogen (secondary N) is 1. The number of hydrogen-bond donors (Lipinski definition) is 1. The van der Waals surface area contributed by atoms with E-state index in [-0.39, 0.29) is 0 Å². The minimum absolute atomic E-state index is 0.625. The molecule has 3 heteroatoms. The summed E-state index contributed by atoms with van der Waals surface area (Å²) >= 11 is 0. The maximum Gasteiger partial charge on any atom is 0.0670 e. The van der Waals surface area contributed by atoms with Crippen LogP contribution in [0, 0.1) is 0 Å². The summed E-state index contributed by atoms with van der Waals surface area (Å²) in [4.78, 5) is 0. The SMILES string of the molecule is CCNC1CCCCC1c1ccn(C)n1. The van der Waals surface area contributed by atoms with E-state index in [2.05, 4.69) is 23.4 Å². The van der Waals surface area contributed by atoms with Crippen LogP contribution in [0.1, 0.15) is 44.2 Å². The molecule has 84 valence electrons. The zero-order chi connectivity index (χ0) is 10.7. The van der Waals surface area contributed by atoms with Gasteiger partial charge in [-0.3, -0.25) is 4.68 Å². The standard InChI is InChI=1S/C12H21N3/c1-3-13-11-7-5-4-6-10(11)12-8-9-15(2)14-12/h8-11,13H,3-7H2,1-2H3. The van der Waals surface area contributed by atoms with Crippen LogP contribution < -0.4 is 5.32 Å². The van der Waals surface area contributed by atoms with Crippen molar-refractivity contribution in [2.24, 2.45) is 7.05 Å². The van der Waals surface area contributed by atoms with E-state index in [1.165, 1.54) is 31.4 Å². The van der Waals surface area contributed by atoms with Gasteiger partial charge in [-0.05, 0) is 25.5 Å². The Labute approximate surface area is 91.9 Å². The quantitative estimate of drug-likeness (QED) is 0.822. The lowest BCUT2D eigenvalue weighted by atomic mass is 9.82. The first-order valence-electron chi connectivity index (χ1n) is 6.04. The minimum atomic E-state index is 0.625. The first-order valence-corrected chi connectivity index (χ1v) is 6.04. The fraction of sp³-hybridized carbons (Fsp3) is 0.750. The average Bonchev–Trinajstić information content (AvgIpc) is 2.66. The molecule has 1 aliphatic rings. The molecular weight excluding hydrogens is 186 g/mol. The lowest BCUT2D eigenvalue weighted by molar-refractivity contribution is 0.327. The summed E-state index contributed by atoms with van der Waals surface area (Å²) < 4.78 is 1.91. The molecule has 3 nitrogen and oxygen atoms in total. The van der Waals surface area contributed by atoms with Gasteiger partial charge in [-0.1, -0.05) is 19.8 Å². The van der Waals surface area contributed by atoms with Gasteiger partial charge in [0.15, 0.2) is 0 Å². The highest BCUT2D eigenvalue weighted by atomic mass is 15.2. The first kappa shape index (κ1) is 10.7. The number of nitrogens with zero attached hydrogens (tertiary/aromatic N) is 2. The highest BCUT2D eigenvalue weighted by Gasteiger charge is 2.27. The summed E-state index contributed by atoms with van der Waals surface area (Å²) in [5.41, 5.74) is 1.27. The van der Waals surface area contributed by atoms with E-state index < -0.39 is 0 Å². The van der Waals surface area contributed by atoms with Crippen molar-refractivity contribution in [1.82, 2.24) is 15.1 Å². The van der Waals surface area contributed by atoms with Crippen LogP contribution in [0.4, 0.5) is 0 Å². The minimum Gasteiger partial charge on any atom is -0.314 e. The molecule has 15 heavy (non-hydrogen) atoms. The zero-order valence-corrected chi connectivity index (χ0v) is 9.74. The molecule has 1 aromatic rings. The largest absolute Gasteiger partial charge is 0.314 e. The van der Waals surface area contributed by atoms with Gasteiger partial charge in [0.1, 0.15) is 0 Å². The zero-order valence-electron chi connectivity index (χ0n) is 9.74. The summed E-state index contributed by atoms with van der Waals surface area (Å²) in [6, 6.07) is 2.80. The van der Waals surface area contributed by atoms with Crippen LogP contribution in [-0.4, -0.2) is 22.4 Å². The van der Waals surface area contributed by atoms with Crippen molar-refractivity contribution < 1.29 is 0 Å². The lowest BCUT2D eigenvalue weighted by Gasteiger charge is -2.30. The summed E-state index contributed by atoms with van der Waals surface area (Å²) in [5.74, 6) is 0.625. The van der Waals surface area contributed by atoms with Crippen LogP contribution in [0.3, 0.4) is 0 Å². The third kappa shape index (κ3) is 2.40. The molecule has 1 fully saturated rings. The molecule has 2 atom stereocenters. The van der Waals surface area contributed by atoms with Crippen molar-refractivity contribution in [1.29, 1.82) is 0 Å². The monoisotopic (exact) mass is 207 g/mol. The molecule has 1 N–H and O–H groups in total. The number of rotatable bonds is 3. The highest BCUT2D eigenvalue weighted by Crippen LogP contribution is 2.31. The Morgan fingerprint density at radius 1 is 1.47 bits per heavy atom. The van der Waals surface area contributed by atoms with Crippen molar-refractivity contribution in [2.45, 2.75) is 44.6 Å². The molecule has 0 saturated heterocycles. The fourth-order valence-corrected chi connectivity index (χ4v) is 2.62. The van der Waals surface area contributed by atoms with Crippen molar-refractivity contribution in [3.8, 4) is 0 Å². The summed E-state index contributed by atoms with van der Waals surface area (Å²) in [5, 5.41) is 8.14. The van der Waals surface area contributed by atoms with Gasteiger partial charge >= 0.3 is 0 Å². The summed E-state index contributed by atoms with van der Waals surface area (Å²) in [6.07, 6.45) is 7.35. The van der Waals surface area contributed by atoms with Crippen LogP contribution in [0.25, 0.3) is 0 Å². The number of likely N-dealkylation sites (N-methyl/N-ethyl adjacent to an activating group) is 1. The number of aromatic nitrogens is 2. The smallest absolute Gasteiger partial charge is 0.0670 e. The molecule has 0 spiro atoms. The van der Waals surface area contributed by atoms with Crippen LogP contribution in [0.15, 0.2) is 12.3 Å². The predicted octanol–water partition coefficient (Wildman–Crippen LogP) is 2.06. The van der Waals surface area contributed by atoms with E-state index in [9.17, 15) is 0 Å². The topological polar surface area (TPSA) is 29.9 Å². The van der Waals surface area contributed by atoms with Crippen molar-refractivity contribution in [3.63, 3.8) is 0 Å². The van der Waals surface area contributed by atoms with E-state index in [1.807, 2.05) is 17.9 Å². The van der Waals surface area contributed by atoms with E-state index in [4.69, 9.17) is 0 Å². The van der Waals surface area contributed by atoms with Gasteiger partial charge in [0, 0.05) is 25.2 Å². The summed E-state index contributed by atoms with van der Waals surface area (Å²) in [7, 11) is 1.99. The second-order valence-corrected chi connectivity index (χ2v) is 4.47. The van der Waals surface area contributed by atoms with Crippen molar-refractivity contribution in [3.05, 3.63) is 18.0 Å². The van der Waals surface area contributed by atoms with E-state index in [0.29, 0.717) is 12.0 Å². The van der Waals surface area contributed by atoms with Crippen molar-refractivity contribution >= 4 is 0 Å². The second-order valence-electron chi connectivity index (χ2n) is 4.47. The van der Waals surface area contributed by atoms with Crippen LogP contribution in [0.5, 0.6) is 0 Å². The van der Waals surface area contributed by atoms with Gasteiger partial charge in [-0.15, -0.1) is 0 Å². The molecule has 2 rings (SSSR count). The third-order valence-electron chi connectivity index (χ3n) is 3.35. The highest BCUT2D eigenvalue weighted by molar-refractivity contribution is 5.11. The normalized spacial score (nSPS) is 26.8. The molecule has 0 aliphatic heterocycles. The first-order chi connectivity index (χ1) is 7.31. The fourth-order valence-electron chi connectivity index (χ4n) is 2.62. The Hall–Kier alpha value is -0.830. The Morgan fingerprint density at radius 3 is 2.93 bits per heavy atom. The molecule has 1 aromatic heterocycles. The molecular formula is C12H21N3. The van der Waals surface area contributed by atoms with Crippen LogP contribution in [0.2, 0.25) is 0 Å². The average molecular weight is 207 g/mol. The van der Waals surface area contributed by atoms with Gasteiger partial charge in [-0.2, -0.15) is 5.10 Å². The van der Waals surface area contributed by atoms with E-state index in [0.717, 1.165) is 6.54 Å². The van der Waals surface area contributed by atoms with E-state index in [1.54, 1.807) is 0 Å². The Bertz CT molecular complexity index is 304.